The third-order valence-electron chi connectivity index (χ3n) is 4.62. The van der Waals surface area contributed by atoms with Gasteiger partial charge in [0.25, 0.3) is 5.56 Å². The second kappa shape index (κ2) is 9.80. The first-order valence-electron chi connectivity index (χ1n) is 9.85. The van der Waals surface area contributed by atoms with Gasteiger partial charge in [0.1, 0.15) is 23.7 Å². The Kier molecular flexibility index (Phi) is 6.48. The zero-order valence-corrected chi connectivity index (χ0v) is 17.8. The zero-order chi connectivity index (χ0) is 22.3. The van der Waals surface area contributed by atoms with Crippen molar-refractivity contribution in [2.45, 2.75) is 6.61 Å². The van der Waals surface area contributed by atoms with E-state index >= 15 is 0 Å². The van der Waals surface area contributed by atoms with E-state index in [0.717, 1.165) is 5.56 Å². The van der Waals surface area contributed by atoms with E-state index in [9.17, 15) is 9.90 Å². The van der Waals surface area contributed by atoms with Crippen molar-refractivity contribution in [1.29, 1.82) is 0 Å². The molecule has 0 bridgehead atoms. The molecule has 4 rings (SSSR count). The minimum absolute atomic E-state index is 0.0382. The molecule has 0 saturated heterocycles. The Balaban J connectivity index is 1.56. The van der Waals surface area contributed by atoms with Gasteiger partial charge in [0.2, 0.25) is 5.88 Å². The third kappa shape index (κ3) is 4.96. The van der Waals surface area contributed by atoms with Crippen LogP contribution in [0.4, 0.5) is 0 Å². The van der Waals surface area contributed by atoms with E-state index in [2.05, 4.69) is 4.98 Å². The van der Waals surface area contributed by atoms with Gasteiger partial charge in [-0.1, -0.05) is 48.5 Å². The molecule has 3 aromatic carbocycles. The van der Waals surface area contributed by atoms with Crippen molar-refractivity contribution in [2.24, 2.45) is 0 Å². The highest BCUT2D eigenvalue weighted by atomic mass is 32.1. The Morgan fingerprint density at radius 2 is 1.53 bits per heavy atom. The van der Waals surface area contributed by atoms with E-state index in [-0.39, 0.29) is 16.2 Å². The van der Waals surface area contributed by atoms with Crippen LogP contribution >= 0.6 is 12.2 Å². The van der Waals surface area contributed by atoms with Crippen molar-refractivity contribution in [3.63, 3.8) is 0 Å². The number of nitrogens with one attached hydrogen (secondary N) is 1. The van der Waals surface area contributed by atoms with Gasteiger partial charge in [-0.15, -0.1) is 0 Å². The lowest BCUT2D eigenvalue weighted by molar-refractivity contribution is 0.239. The molecule has 32 heavy (non-hydrogen) atoms. The predicted molar refractivity (Wildman–Crippen MR) is 126 cm³/mol. The Hall–Kier alpha value is -4.10. The van der Waals surface area contributed by atoms with Gasteiger partial charge in [0, 0.05) is 0 Å². The molecule has 1 aromatic heterocycles. The van der Waals surface area contributed by atoms with Crippen LogP contribution in [-0.2, 0) is 11.3 Å². The molecule has 0 saturated carbocycles. The van der Waals surface area contributed by atoms with Crippen LogP contribution in [0.2, 0.25) is 0 Å². The Morgan fingerprint density at radius 1 is 0.906 bits per heavy atom. The maximum absolute atomic E-state index is 12.3. The van der Waals surface area contributed by atoms with Gasteiger partial charge < -0.3 is 14.6 Å². The number of ether oxygens (including phenoxy) is 2. The lowest BCUT2D eigenvalue weighted by atomic mass is 10.2. The first-order chi connectivity index (χ1) is 15.6. The highest BCUT2D eigenvalue weighted by Gasteiger charge is 2.12. The van der Waals surface area contributed by atoms with Crippen molar-refractivity contribution >= 4 is 18.3 Å². The average Bonchev–Trinajstić information content (AvgIpc) is 2.81. The number of aromatic nitrogens is 2. The van der Waals surface area contributed by atoms with Crippen LogP contribution in [0.5, 0.6) is 17.4 Å². The average molecular weight is 445 g/mol. The monoisotopic (exact) mass is 444 g/mol. The predicted octanol–water partition coefficient (Wildman–Crippen LogP) is 5.58. The summed E-state index contributed by atoms with van der Waals surface area (Å²) in [5.41, 5.74) is 1.09. The van der Waals surface area contributed by atoms with Gasteiger partial charge >= 0.3 is 0 Å². The molecule has 0 fully saturated rings. The number of hydrogen-bond donors (Lipinski definition) is 2. The minimum Gasteiger partial charge on any atom is -0.496 e. The first kappa shape index (κ1) is 21.1. The van der Waals surface area contributed by atoms with E-state index in [1.807, 2.05) is 60.7 Å². The third-order valence-corrected chi connectivity index (χ3v) is 4.90. The Morgan fingerprint density at radius 3 is 2.22 bits per heavy atom. The van der Waals surface area contributed by atoms with Gasteiger partial charge in [-0.2, -0.15) is 0 Å². The molecule has 0 radical (unpaired) electrons. The molecule has 0 aliphatic rings. The fourth-order valence-corrected chi connectivity index (χ4v) is 3.34. The summed E-state index contributed by atoms with van der Waals surface area (Å²) in [6.45, 7) is 0.345. The first-order valence-corrected chi connectivity index (χ1v) is 10.3. The van der Waals surface area contributed by atoms with Crippen molar-refractivity contribution in [1.82, 2.24) is 9.55 Å². The van der Waals surface area contributed by atoms with Crippen LogP contribution in [0.1, 0.15) is 11.1 Å². The molecule has 0 aliphatic carbocycles. The summed E-state index contributed by atoms with van der Waals surface area (Å²) in [5, 5.41) is 10.8. The lowest BCUT2D eigenvalue weighted by Crippen LogP contribution is -2.15. The molecule has 0 aliphatic heterocycles. The molecule has 4 aromatic rings. The van der Waals surface area contributed by atoms with Crippen molar-refractivity contribution in [3.05, 3.63) is 117 Å². The molecule has 160 valence electrons. The Bertz CT molecular complexity index is 1330. The van der Waals surface area contributed by atoms with E-state index < -0.39 is 5.56 Å². The largest absolute Gasteiger partial charge is 0.496 e. The second-order valence-electron chi connectivity index (χ2n) is 6.84. The number of aromatic hydroxyl groups is 1. The standard InChI is InChI=1S/C25H20N2O4S/c28-23-22(15-16-30-17-18-7-3-1-4-8-18)24(29)27(25(32)26-23)19-11-13-21(14-12-19)31-20-9-5-2-6-10-20/h1-16,29H,17H2,(H,26,28,32). The molecule has 7 heteroatoms. The topological polar surface area (TPSA) is 76.5 Å². The van der Waals surface area contributed by atoms with Gasteiger partial charge in [-0.3, -0.25) is 14.3 Å². The quantitative estimate of drug-likeness (QED) is 0.287. The summed E-state index contributed by atoms with van der Waals surface area (Å²) in [6, 6.07) is 26.0. The fourth-order valence-electron chi connectivity index (χ4n) is 3.05. The molecule has 0 amide bonds. The smallest absolute Gasteiger partial charge is 0.262 e. The van der Waals surface area contributed by atoms with Crippen molar-refractivity contribution < 1.29 is 14.6 Å². The number of nitrogens with zero attached hydrogens (tertiary/aromatic N) is 1. The van der Waals surface area contributed by atoms with Crippen LogP contribution in [0, 0.1) is 4.77 Å². The summed E-state index contributed by atoms with van der Waals surface area (Å²) >= 11 is 5.27. The number of hydrogen-bond acceptors (Lipinski definition) is 5. The maximum atomic E-state index is 12.3. The minimum atomic E-state index is -0.507. The summed E-state index contributed by atoms with van der Waals surface area (Å²) in [6.07, 6.45) is 2.79. The van der Waals surface area contributed by atoms with Gasteiger partial charge in [-0.25, -0.2) is 0 Å². The van der Waals surface area contributed by atoms with E-state index in [1.54, 1.807) is 24.3 Å². The number of aromatic amines is 1. The van der Waals surface area contributed by atoms with Gasteiger partial charge in [0.05, 0.1) is 11.9 Å². The second-order valence-corrected chi connectivity index (χ2v) is 7.23. The number of benzene rings is 3. The van der Waals surface area contributed by atoms with Gasteiger partial charge in [0.15, 0.2) is 4.77 Å². The SMILES string of the molecule is O=c1[nH]c(=S)n(-c2ccc(Oc3ccccc3)cc2)c(O)c1C=COCc1ccccc1. The van der Waals surface area contributed by atoms with Crippen LogP contribution < -0.4 is 10.3 Å². The molecule has 0 atom stereocenters. The maximum Gasteiger partial charge on any atom is 0.262 e. The number of H-pyrrole nitrogens is 1. The van der Waals surface area contributed by atoms with Crippen LogP contribution in [-0.4, -0.2) is 14.7 Å². The fraction of sp³-hybridized carbons (Fsp3) is 0.0400. The molecular weight excluding hydrogens is 424 g/mol. The Labute approximate surface area is 189 Å². The van der Waals surface area contributed by atoms with E-state index in [4.69, 9.17) is 21.7 Å². The molecule has 0 unspecified atom stereocenters. The molecular formula is C25H20N2O4S. The van der Waals surface area contributed by atoms with Crippen molar-refractivity contribution in [3.8, 4) is 23.1 Å². The van der Waals surface area contributed by atoms with E-state index in [1.165, 1.54) is 16.9 Å². The van der Waals surface area contributed by atoms with Gasteiger partial charge in [-0.05, 0) is 60.3 Å². The molecule has 0 spiro atoms. The highest BCUT2D eigenvalue weighted by molar-refractivity contribution is 7.71. The molecule has 1 heterocycles. The van der Waals surface area contributed by atoms with Crippen LogP contribution in [0.25, 0.3) is 11.8 Å². The number of rotatable bonds is 7. The summed E-state index contributed by atoms with van der Waals surface area (Å²) in [4.78, 5) is 14.9. The zero-order valence-electron chi connectivity index (χ0n) is 17.0. The van der Waals surface area contributed by atoms with Crippen molar-refractivity contribution in [2.75, 3.05) is 0 Å². The molecule has 2 N–H and O–H groups in total. The lowest BCUT2D eigenvalue weighted by Gasteiger charge is -2.12. The number of para-hydroxylation sites is 1. The van der Waals surface area contributed by atoms with Crippen LogP contribution in [0.15, 0.2) is 96.0 Å². The molecule has 6 nitrogen and oxygen atoms in total. The normalized spacial score (nSPS) is 10.9. The summed E-state index contributed by atoms with van der Waals surface area (Å²) < 4.78 is 12.7. The van der Waals surface area contributed by atoms with E-state index in [0.29, 0.717) is 23.8 Å². The highest BCUT2D eigenvalue weighted by Crippen LogP contribution is 2.25. The van der Waals surface area contributed by atoms with Crippen LogP contribution in [0.3, 0.4) is 0 Å². The summed E-state index contributed by atoms with van der Waals surface area (Å²) in [7, 11) is 0. The summed E-state index contributed by atoms with van der Waals surface area (Å²) in [5.74, 6) is 1.06.